The van der Waals surface area contributed by atoms with Gasteiger partial charge >= 0.3 is 0 Å². The van der Waals surface area contributed by atoms with Crippen molar-refractivity contribution in [2.75, 3.05) is 0 Å². The van der Waals surface area contributed by atoms with Gasteiger partial charge in [-0.3, -0.25) is 0 Å². The zero-order valence-corrected chi connectivity index (χ0v) is 15.9. The highest BCUT2D eigenvalue weighted by molar-refractivity contribution is 5.07. The lowest BCUT2D eigenvalue weighted by Gasteiger charge is -2.55. The van der Waals surface area contributed by atoms with Crippen molar-refractivity contribution in [2.45, 2.75) is 114 Å². The summed E-state index contributed by atoms with van der Waals surface area (Å²) < 4.78 is 11.9. The van der Waals surface area contributed by atoms with Crippen LogP contribution in [0.1, 0.15) is 84.0 Å². The van der Waals surface area contributed by atoms with E-state index in [1.165, 1.54) is 64.2 Å². The lowest BCUT2D eigenvalue weighted by molar-refractivity contribution is -0.0638. The first-order chi connectivity index (χ1) is 12.2. The standard InChI is InChI=1S/C22H36O3/c1-2-11-22(14-3-7-17(23)8-4-14,15-5-9-18-20(12-15)24-18)16-6-10-19-21(13-16)25-19/h14-21,23H,2-13H2,1H3. The molecule has 5 fully saturated rings. The summed E-state index contributed by atoms with van der Waals surface area (Å²) >= 11 is 0. The molecule has 6 unspecified atom stereocenters. The number of hydrogen-bond acceptors (Lipinski definition) is 3. The third kappa shape index (κ3) is 2.99. The van der Waals surface area contributed by atoms with Crippen molar-refractivity contribution in [3.05, 3.63) is 0 Å². The maximum Gasteiger partial charge on any atom is 0.0844 e. The summed E-state index contributed by atoms with van der Waals surface area (Å²) in [5.41, 5.74) is 0.489. The van der Waals surface area contributed by atoms with Crippen molar-refractivity contribution < 1.29 is 14.6 Å². The number of rotatable bonds is 5. The quantitative estimate of drug-likeness (QED) is 0.746. The molecule has 0 aromatic carbocycles. The van der Waals surface area contributed by atoms with Crippen LogP contribution < -0.4 is 0 Å². The smallest absolute Gasteiger partial charge is 0.0844 e. The summed E-state index contributed by atoms with van der Waals surface area (Å²) in [7, 11) is 0. The monoisotopic (exact) mass is 348 g/mol. The molecule has 0 aromatic rings. The number of hydrogen-bond donors (Lipinski definition) is 1. The molecule has 2 heterocycles. The number of aliphatic hydroxyl groups is 1. The van der Waals surface area contributed by atoms with Crippen LogP contribution in [0.4, 0.5) is 0 Å². The highest BCUT2D eigenvalue weighted by Gasteiger charge is 2.58. The van der Waals surface area contributed by atoms with Crippen LogP contribution in [0.15, 0.2) is 0 Å². The van der Waals surface area contributed by atoms with Crippen molar-refractivity contribution in [1.82, 2.24) is 0 Å². The van der Waals surface area contributed by atoms with E-state index in [4.69, 9.17) is 9.47 Å². The SMILES string of the molecule is CCCC(C1CCC(O)CC1)(C1CCC2OC2C1)C1CCC2OC2C1. The Labute approximate surface area is 152 Å². The van der Waals surface area contributed by atoms with Crippen LogP contribution in [0, 0.1) is 23.2 Å². The van der Waals surface area contributed by atoms with Gasteiger partial charge in [-0.2, -0.15) is 0 Å². The van der Waals surface area contributed by atoms with Gasteiger partial charge in [-0.25, -0.2) is 0 Å². The number of aliphatic hydroxyl groups excluding tert-OH is 1. The van der Waals surface area contributed by atoms with Crippen molar-refractivity contribution in [2.24, 2.45) is 23.2 Å². The van der Waals surface area contributed by atoms with E-state index in [1.54, 1.807) is 0 Å². The predicted octanol–water partition coefficient (Wildman–Crippen LogP) is 4.46. The van der Waals surface area contributed by atoms with Crippen LogP contribution in [0.5, 0.6) is 0 Å². The summed E-state index contributed by atoms with van der Waals surface area (Å²) in [6.07, 6.45) is 17.6. The molecule has 2 aliphatic heterocycles. The van der Waals surface area contributed by atoms with Crippen molar-refractivity contribution in [1.29, 1.82) is 0 Å². The summed E-state index contributed by atoms with van der Waals surface area (Å²) in [5.74, 6) is 2.50. The van der Waals surface area contributed by atoms with E-state index in [0.29, 0.717) is 29.8 Å². The molecule has 2 saturated heterocycles. The normalized spacial score (nSPS) is 51.1. The molecule has 0 bridgehead atoms. The van der Waals surface area contributed by atoms with Crippen LogP contribution in [-0.4, -0.2) is 35.6 Å². The van der Waals surface area contributed by atoms with Crippen LogP contribution >= 0.6 is 0 Å². The van der Waals surface area contributed by atoms with Gasteiger partial charge < -0.3 is 14.6 Å². The molecule has 0 aromatic heterocycles. The van der Waals surface area contributed by atoms with E-state index in [2.05, 4.69) is 6.92 Å². The van der Waals surface area contributed by atoms with Gasteiger partial charge in [0.2, 0.25) is 0 Å². The van der Waals surface area contributed by atoms with Crippen molar-refractivity contribution in [3.63, 3.8) is 0 Å². The van der Waals surface area contributed by atoms with Crippen LogP contribution in [-0.2, 0) is 9.47 Å². The predicted molar refractivity (Wildman–Crippen MR) is 97.3 cm³/mol. The minimum Gasteiger partial charge on any atom is -0.393 e. The second-order valence-electron chi connectivity index (χ2n) is 9.81. The van der Waals surface area contributed by atoms with Crippen molar-refractivity contribution >= 4 is 0 Å². The fraction of sp³-hybridized carbons (Fsp3) is 1.00. The molecule has 0 radical (unpaired) electrons. The second kappa shape index (κ2) is 6.49. The number of ether oxygens (including phenoxy) is 2. The van der Waals surface area contributed by atoms with E-state index in [-0.39, 0.29) is 6.10 Å². The summed E-state index contributed by atoms with van der Waals surface area (Å²) in [5, 5.41) is 10.1. The molecule has 3 nitrogen and oxygen atoms in total. The maximum absolute atomic E-state index is 10.1. The topological polar surface area (TPSA) is 45.3 Å². The van der Waals surface area contributed by atoms with Gasteiger partial charge in [-0.15, -0.1) is 0 Å². The average molecular weight is 349 g/mol. The fourth-order valence-corrected chi connectivity index (χ4v) is 7.44. The molecular weight excluding hydrogens is 312 g/mol. The third-order valence-corrected chi connectivity index (χ3v) is 8.67. The molecule has 5 aliphatic rings. The van der Waals surface area contributed by atoms with E-state index >= 15 is 0 Å². The van der Waals surface area contributed by atoms with Gasteiger partial charge in [0.05, 0.1) is 30.5 Å². The Morgan fingerprint density at radius 3 is 1.72 bits per heavy atom. The Bertz CT molecular complexity index is 456. The van der Waals surface area contributed by atoms with Crippen LogP contribution in [0.2, 0.25) is 0 Å². The van der Waals surface area contributed by atoms with E-state index in [0.717, 1.165) is 30.6 Å². The second-order valence-corrected chi connectivity index (χ2v) is 9.81. The number of fused-ring (bicyclic) bond motifs is 2. The maximum atomic E-state index is 10.1. The fourth-order valence-electron chi connectivity index (χ4n) is 7.44. The van der Waals surface area contributed by atoms with Gasteiger partial charge in [0.25, 0.3) is 0 Å². The lowest BCUT2D eigenvalue weighted by Crippen LogP contribution is -2.48. The summed E-state index contributed by atoms with van der Waals surface area (Å²) in [6, 6.07) is 0. The highest BCUT2D eigenvalue weighted by Crippen LogP contribution is 2.62. The zero-order valence-electron chi connectivity index (χ0n) is 15.9. The van der Waals surface area contributed by atoms with Gasteiger partial charge in [0.15, 0.2) is 0 Å². The molecule has 3 aliphatic carbocycles. The van der Waals surface area contributed by atoms with E-state index in [1.807, 2.05) is 0 Å². The Kier molecular flexibility index (Phi) is 4.42. The molecule has 25 heavy (non-hydrogen) atoms. The minimum absolute atomic E-state index is 0.0411. The molecule has 6 atom stereocenters. The Hall–Kier alpha value is -0.120. The van der Waals surface area contributed by atoms with Crippen LogP contribution in [0.25, 0.3) is 0 Å². The molecule has 1 N–H and O–H groups in total. The highest BCUT2D eigenvalue weighted by atomic mass is 16.6. The minimum atomic E-state index is -0.0411. The first-order valence-corrected chi connectivity index (χ1v) is 11.2. The Morgan fingerprint density at radius 1 is 0.720 bits per heavy atom. The molecule has 0 spiro atoms. The largest absolute Gasteiger partial charge is 0.393 e. The third-order valence-electron chi connectivity index (χ3n) is 8.67. The van der Waals surface area contributed by atoms with E-state index < -0.39 is 0 Å². The van der Waals surface area contributed by atoms with E-state index in [9.17, 15) is 5.11 Å². The van der Waals surface area contributed by atoms with Gasteiger partial charge in [-0.1, -0.05) is 13.3 Å². The van der Waals surface area contributed by atoms with Crippen LogP contribution in [0.3, 0.4) is 0 Å². The van der Waals surface area contributed by atoms with Gasteiger partial charge in [-0.05, 0) is 93.8 Å². The molecule has 3 heteroatoms. The first kappa shape index (κ1) is 17.0. The Balaban J connectivity index is 1.45. The molecular formula is C22H36O3. The van der Waals surface area contributed by atoms with Gasteiger partial charge in [0, 0.05) is 0 Å². The molecule has 142 valence electrons. The number of epoxide rings is 2. The Morgan fingerprint density at radius 2 is 1.24 bits per heavy atom. The lowest BCUT2D eigenvalue weighted by atomic mass is 9.50. The summed E-state index contributed by atoms with van der Waals surface area (Å²) in [4.78, 5) is 0. The summed E-state index contributed by atoms with van der Waals surface area (Å²) in [6.45, 7) is 2.39. The van der Waals surface area contributed by atoms with Gasteiger partial charge in [0.1, 0.15) is 0 Å². The molecule has 3 saturated carbocycles. The van der Waals surface area contributed by atoms with Crippen molar-refractivity contribution in [3.8, 4) is 0 Å². The first-order valence-electron chi connectivity index (χ1n) is 11.2. The average Bonchev–Trinajstić information content (AvgIpc) is 3.53. The molecule has 0 amide bonds. The zero-order chi connectivity index (χ0) is 17.0. The molecule has 5 rings (SSSR count).